The number of piperazine rings is 1. The van der Waals surface area contributed by atoms with Crippen LogP contribution in [0.4, 0.5) is 10.5 Å². The molecule has 130 valence electrons. The van der Waals surface area contributed by atoms with Crippen LogP contribution in [0.1, 0.15) is 32.1 Å². The first kappa shape index (κ1) is 17.2. The zero-order chi connectivity index (χ0) is 16.8. The predicted octanol–water partition coefficient (Wildman–Crippen LogP) is 4.27. The van der Waals surface area contributed by atoms with Gasteiger partial charge in [-0.05, 0) is 37.0 Å². The van der Waals surface area contributed by atoms with Crippen LogP contribution in [0.3, 0.4) is 0 Å². The SMILES string of the molecule is O=C(N/C=C/C1CCCCC1)N1CCN(c2cccc(Cl)c2)CC1. The molecule has 0 aromatic heterocycles. The molecule has 1 aromatic carbocycles. The fourth-order valence-electron chi connectivity index (χ4n) is 3.51. The van der Waals surface area contributed by atoms with Gasteiger partial charge in [-0.3, -0.25) is 0 Å². The zero-order valence-electron chi connectivity index (χ0n) is 14.1. The third kappa shape index (κ3) is 4.67. The molecule has 0 unspecified atom stereocenters. The third-order valence-corrected chi connectivity index (χ3v) is 5.20. The number of allylic oxidation sites excluding steroid dienone is 1. The summed E-state index contributed by atoms with van der Waals surface area (Å²) in [5.41, 5.74) is 1.12. The van der Waals surface area contributed by atoms with Crippen LogP contribution in [0, 0.1) is 5.92 Å². The lowest BCUT2D eigenvalue weighted by atomic mass is 9.89. The largest absolute Gasteiger partial charge is 0.368 e. The van der Waals surface area contributed by atoms with Crippen molar-refractivity contribution in [2.24, 2.45) is 5.92 Å². The van der Waals surface area contributed by atoms with Crippen LogP contribution in [0.15, 0.2) is 36.5 Å². The highest BCUT2D eigenvalue weighted by atomic mass is 35.5. The zero-order valence-corrected chi connectivity index (χ0v) is 14.8. The van der Waals surface area contributed by atoms with Crippen LogP contribution in [0.2, 0.25) is 5.02 Å². The standard InChI is InChI=1S/C19H26ClN3O/c20-17-7-4-8-18(15-17)22-11-13-23(14-12-22)19(24)21-10-9-16-5-2-1-3-6-16/h4,7-10,15-16H,1-3,5-6,11-14H2,(H,21,24)/b10-9+. The maximum absolute atomic E-state index is 12.3. The maximum Gasteiger partial charge on any atom is 0.321 e. The van der Waals surface area contributed by atoms with E-state index in [2.05, 4.69) is 22.4 Å². The van der Waals surface area contributed by atoms with Gasteiger partial charge >= 0.3 is 6.03 Å². The fourth-order valence-corrected chi connectivity index (χ4v) is 3.70. The number of rotatable bonds is 3. The Morgan fingerprint density at radius 2 is 1.88 bits per heavy atom. The molecule has 0 bridgehead atoms. The Balaban J connectivity index is 1.44. The Morgan fingerprint density at radius 1 is 1.12 bits per heavy atom. The van der Waals surface area contributed by atoms with Gasteiger partial charge in [0, 0.05) is 43.1 Å². The molecule has 24 heavy (non-hydrogen) atoms. The lowest BCUT2D eigenvalue weighted by Crippen LogP contribution is -2.51. The van der Waals surface area contributed by atoms with Crippen molar-refractivity contribution < 1.29 is 4.79 Å². The minimum atomic E-state index is 0.00723. The van der Waals surface area contributed by atoms with E-state index in [9.17, 15) is 4.79 Å². The first-order valence-corrected chi connectivity index (χ1v) is 9.33. The van der Waals surface area contributed by atoms with Crippen molar-refractivity contribution in [3.8, 4) is 0 Å². The first-order valence-electron chi connectivity index (χ1n) is 8.95. The minimum Gasteiger partial charge on any atom is -0.368 e. The van der Waals surface area contributed by atoms with E-state index in [1.807, 2.05) is 29.3 Å². The molecule has 1 heterocycles. The normalized spacial score (nSPS) is 19.7. The number of anilines is 1. The van der Waals surface area contributed by atoms with Gasteiger partial charge in [0.2, 0.25) is 0 Å². The summed E-state index contributed by atoms with van der Waals surface area (Å²) < 4.78 is 0. The van der Waals surface area contributed by atoms with Crippen LogP contribution in [-0.2, 0) is 0 Å². The lowest BCUT2D eigenvalue weighted by Gasteiger charge is -2.35. The van der Waals surface area contributed by atoms with Crippen molar-refractivity contribution in [3.63, 3.8) is 0 Å². The van der Waals surface area contributed by atoms with Crippen molar-refractivity contribution >= 4 is 23.3 Å². The van der Waals surface area contributed by atoms with Crippen LogP contribution in [0.25, 0.3) is 0 Å². The highest BCUT2D eigenvalue weighted by molar-refractivity contribution is 6.30. The van der Waals surface area contributed by atoms with Crippen LogP contribution in [-0.4, -0.2) is 37.1 Å². The van der Waals surface area contributed by atoms with E-state index in [0.29, 0.717) is 5.92 Å². The molecule has 1 aliphatic heterocycles. The molecule has 5 heteroatoms. The lowest BCUT2D eigenvalue weighted by molar-refractivity contribution is 0.198. The Morgan fingerprint density at radius 3 is 2.58 bits per heavy atom. The van der Waals surface area contributed by atoms with Gasteiger partial charge in [-0.25, -0.2) is 4.79 Å². The van der Waals surface area contributed by atoms with E-state index in [1.54, 1.807) is 0 Å². The van der Waals surface area contributed by atoms with Crippen molar-refractivity contribution in [2.45, 2.75) is 32.1 Å². The summed E-state index contributed by atoms with van der Waals surface area (Å²) in [5.74, 6) is 0.638. The van der Waals surface area contributed by atoms with Gasteiger partial charge in [-0.15, -0.1) is 0 Å². The second kappa shape index (κ2) is 8.43. The molecule has 1 aromatic rings. The second-order valence-electron chi connectivity index (χ2n) is 6.66. The van der Waals surface area contributed by atoms with E-state index < -0.39 is 0 Å². The molecule has 1 saturated heterocycles. The highest BCUT2D eigenvalue weighted by Crippen LogP contribution is 2.24. The van der Waals surface area contributed by atoms with Crippen molar-refractivity contribution in [3.05, 3.63) is 41.6 Å². The van der Waals surface area contributed by atoms with Crippen LogP contribution in [0.5, 0.6) is 0 Å². The summed E-state index contributed by atoms with van der Waals surface area (Å²) in [4.78, 5) is 16.4. The van der Waals surface area contributed by atoms with E-state index >= 15 is 0 Å². The average Bonchev–Trinajstić information content (AvgIpc) is 2.63. The molecule has 3 rings (SSSR count). The van der Waals surface area contributed by atoms with Crippen molar-refractivity contribution in [1.82, 2.24) is 10.2 Å². The monoisotopic (exact) mass is 347 g/mol. The molecule has 1 saturated carbocycles. The molecular formula is C19H26ClN3O. The summed E-state index contributed by atoms with van der Waals surface area (Å²) in [5, 5.41) is 3.68. The van der Waals surface area contributed by atoms with Gasteiger partial charge in [0.15, 0.2) is 0 Å². The highest BCUT2D eigenvalue weighted by Gasteiger charge is 2.20. The van der Waals surface area contributed by atoms with Crippen LogP contribution < -0.4 is 10.2 Å². The van der Waals surface area contributed by atoms with Gasteiger partial charge in [0.25, 0.3) is 0 Å². The molecule has 1 aliphatic carbocycles. The number of carbonyl (C=O) groups excluding carboxylic acids is 1. The Kier molecular flexibility index (Phi) is 6.02. The number of halogens is 1. The second-order valence-corrected chi connectivity index (χ2v) is 7.10. The molecular weight excluding hydrogens is 322 g/mol. The van der Waals surface area contributed by atoms with Gasteiger partial charge in [0.05, 0.1) is 0 Å². The summed E-state index contributed by atoms with van der Waals surface area (Å²) >= 11 is 6.06. The van der Waals surface area contributed by atoms with Crippen molar-refractivity contribution in [2.75, 3.05) is 31.1 Å². The summed E-state index contributed by atoms with van der Waals surface area (Å²) in [7, 11) is 0. The smallest absolute Gasteiger partial charge is 0.321 e. The molecule has 0 spiro atoms. The number of benzene rings is 1. The molecule has 0 atom stereocenters. The number of hydrogen-bond acceptors (Lipinski definition) is 2. The molecule has 4 nitrogen and oxygen atoms in total. The average molecular weight is 348 g/mol. The molecule has 0 radical (unpaired) electrons. The fraction of sp³-hybridized carbons (Fsp3) is 0.526. The topological polar surface area (TPSA) is 35.6 Å². The quantitative estimate of drug-likeness (QED) is 0.886. The minimum absolute atomic E-state index is 0.00723. The summed E-state index contributed by atoms with van der Waals surface area (Å²) in [6.07, 6.45) is 10.5. The summed E-state index contributed by atoms with van der Waals surface area (Å²) in [6.45, 7) is 3.13. The number of carbonyl (C=O) groups is 1. The maximum atomic E-state index is 12.3. The molecule has 2 aliphatic rings. The Hall–Kier alpha value is -1.68. The number of hydrogen-bond donors (Lipinski definition) is 1. The van der Waals surface area contributed by atoms with Gasteiger partial charge in [-0.1, -0.05) is 43.0 Å². The first-order chi connectivity index (χ1) is 11.7. The molecule has 1 N–H and O–H groups in total. The third-order valence-electron chi connectivity index (χ3n) is 4.97. The number of urea groups is 1. The van der Waals surface area contributed by atoms with Crippen LogP contribution >= 0.6 is 11.6 Å². The van der Waals surface area contributed by atoms with E-state index in [-0.39, 0.29) is 6.03 Å². The van der Waals surface area contributed by atoms with E-state index in [0.717, 1.165) is 36.9 Å². The number of nitrogens with one attached hydrogen (secondary N) is 1. The van der Waals surface area contributed by atoms with Gasteiger partial charge in [0.1, 0.15) is 0 Å². The Bertz CT molecular complexity index is 576. The van der Waals surface area contributed by atoms with E-state index in [1.165, 1.54) is 32.1 Å². The molecule has 2 fully saturated rings. The number of amides is 2. The predicted molar refractivity (Wildman–Crippen MR) is 99.5 cm³/mol. The Labute approximate surface area is 149 Å². The molecule has 2 amide bonds. The van der Waals surface area contributed by atoms with Gasteiger partial charge in [-0.2, -0.15) is 0 Å². The van der Waals surface area contributed by atoms with E-state index in [4.69, 9.17) is 11.6 Å². The van der Waals surface area contributed by atoms with Gasteiger partial charge < -0.3 is 15.1 Å². The summed E-state index contributed by atoms with van der Waals surface area (Å²) in [6, 6.07) is 7.90. The van der Waals surface area contributed by atoms with Crippen molar-refractivity contribution in [1.29, 1.82) is 0 Å². The number of nitrogens with zero attached hydrogens (tertiary/aromatic N) is 2.